The summed E-state index contributed by atoms with van der Waals surface area (Å²) < 4.78 is 5.37. The summed E-state index contributed by atoms with van der Waals surface area (Å²) in [5, 5.41) is 0. The number of ketones is 1. The molecule has 4 heteroatoms. The first-order valence-electron chi connectivity index (χ1n) is 4.65. The van der Waals surface area contributed by atoms with E-state index in [-0.39, 0.29) is 12.2 Å². The van der Waals surface area contributed by atoms with Crippen LogP contribution < -0.4 is 0 Å². The zero-order chi connectivity index (χ0) is 12.0. The van der Waals surface area contributed by atoms with Crippen molar-refractivity contribution in [3.63, 3.8) is 0 Å². The van der Waals surface area contributed by atoms with E-state index in [2.05, 4.69) is 20.7 Å². The Bertz CT molecular complexity index is 407. The lowest BCUT2D eigenvalue weighted by molar-refractivity contribution is -0.142. The minimum absolute atomic E-state index is 0.219. The van der Waals surface area contributed by atoms with Gasteiger partial charge in [-0.05, 0) is 23.8 Å². The molecule has 0 aliphatic heterocycles. The lowest BCUT2D eigenvalue weighted by Gasteiger charge is -1.95. The lowest BCUT2D eigenvalue weighted by Crippen LogP contribution is -2.06. The van der Waals surface area contributed by atoms with Gasteiger partial charge in [0.2, 0.25) is 0 Å². The summed E-state index contributed by atoms with van der Waals surface area (Å²) >= 11 is 3.32. The molecule has 0 aliphatic carbocycles. The van der Waals surface area contributed by atoms with Crippen molar-refractivity contribution < 1.29 is 14.3 Å². The number of benzene rings is 1. The zero-order valence-corrected chi connectivity index (χ0v) is 10.4. The quantitative estimate of drug-likeness (QED) is 0.484. The lowest BCUT2D eigenvalue weighted by atomic mass is 10.2. The molecule has 16 heavy (non-hydrogen) atoms. The third-order valence-electron chi connectivity index (χ3n) is 1.88. The third kappa shape index (κ3) is 4.40. The molecule has 0 saturated carbocycles. The van der Waals surface area contributed by atoms with Crippen molar-refractivity contribution in [1.82, 2.24) is 0 Å². The fourth-order valence-corrected chi connectivity index (χ4v) is 1.30. The topological polar surface area (TPSA) is 43.4 Å². The Morgan fingerprint density at radius 2 is 1.94 bits per heavy atom. The van der Waals surface area contributed by atoms with Gasteiger partial charge in [-0.15, -0.1) is 0 Å². The summed E-state index contributed by atoms with van der Waals surface area (Å²) in [6, 6.07) is 7.49. The van der Waals surface area contributed by atoms with E-state index in [9.17, 15) is 9.59 Å². The van der Waals surface area contributed by atoms with Crippen molar-refractivity contribution in [1.29, 1.82) is 0 Å². The van der Waals surface area contributed by atoms with Crippen molar-refractivity contribution in [2.75, 3.05) is 7.11 Å². The summed E-state index contributed by atoms with van der Waals surface area (Å²) in [5.41, 5.74) is 0.904. The Kier molecular flexibility index (Phi) is 4.92. The first kappa shape index (κ1) is 12.6. The molecule has 1 rings (SSSR count). The van der Waals surface area contributed by atoms with Gasteiger partial charge in [0, 0.05) is 4.47 Å². The number of halogens is 1. The van der Waals surface area contributed by atoms with Gasteiger partial charge in [0.1, 0.15) is 6.42 Å². The molecule has 0 bridgehead atoms. The van der Waals surface area contributed by atoms with E-state index in [4.69, 9.17) is 0 Å². The number of methoxy groups -OCH3 is 1. The minimum atomic E-state index is -0.523. The predicted octanol–water partition coefficient (Wildman–Crippen LogP) is 2.59. The van der Waals surface area contributed by atoms with Gasteiger partial charge in [0.15, 0.2) is 5.78 Å². The smallest absolute Gasteiger partial charge is 0.313 e. The van der Waals surface area contributed by atoms with Gasteiger partial charge < -0.3 is 4.74 Å². The molecule has 0 saturated heterocycles. The molecule has 3 nitrogen and oxygen atoms in total. The third-order valence-corrected chi connectivity index (χ3v) is 2.41. The Morgan fingerprint density at radius 1 is 1.31 bits per heavy atom. The van der Waals surface area contributed by atoms with Crippen LogP contribution >= 0.6 is 15.9 Å². The van der Waals surface area contributed by atoms with Gasteiger partial charge in [-0.25, -0.2) is 0 Å². The maximum Gasteiger partial charge on any atom is 0.313 e. The van der Waals surface area contributed by atoms with Crippen LogP contribution in [0.3, 0.4) is 0 Å². The molecule has 0 radical (unpaired) electrons. The van der Waals surface area contributed by atoms with Crippen LogP contribution in [0, 0.1) is 0 Å². The maximum atomic E-state index is 11.3. The number of allylic oxidation sites excluding steroid dienone is 1. The summed E-state index contributed by atoms with van der Waals surface area (Å²) in [6.07, 6.45) is 2.82. The van der Waals surface area contributed by atoms with Crippen molar-refractivity contribution in [2.45, 2.75) is 6.42 Å². The molecule has 0 aliphatic rings. The number of hydrogen-bond donors (Lipinski definition) is 0. The molecule has 1 aromatic rings. The molecule has 0 heterocycles. The second-order valence-corrected chi connectivity index (χ2v) is 4.02. The molecule has 0 aromatic heterocycles. The molecule has 84 valence electrons. The Labute approximate surface area is 102 Å². The molecule has 0 unspecified atom stereocenters. The monoisotopic (exact) mass is 282 g/mol. The van der Waals surface area contributed by atoms with Crippen LogP contribution in [0.1, 0.15) is 12.0 Å². The first-order valence-corrected chi connectivity index (χ1v) is 5.44. The fourth-order valence-electron chi connectivity index (χ4n) is 1.04. The van der Waals surface area contributed by atoms with E-state index in [1.54, 1.807) is 6.08 Å². The molecule has 0 spiro atoms. The van der Waals surface area contributed by atoms with Gasteiger partial charge in [-0.2, -0.15) is 0 Å². The van der Waals surface area contributed by atoms with E-state index in [0.29, 0.717) is 0 Å². The molecule has 0 atom stereocenters. The normalized spacial score (nSPS) is 10.4. The standard InChI is InChI=1S/C12H11BrO3/c1-16-12(15)8-11(14)7-4-9-2-5-10(13)6-3-9/h2-7H,8H2,1H3/b7-4+. The predicted molar refractivity (Wildman–Crippen MR) is 64.8 cm³/mol. The van der Waals surface area contributed by atoms with Gasteiger partial charge in [-0.1, -0.05) is 34.1 Å². The van der Waals surface area contributed by atoms with Crippen LogP contribution in [0.5, 0.6) is 0 Å². The van der Waals surface area contributed by atoms with E-state index >= 15 is 0 Å². The highest BCUT2D eigenvalue weighted by Crippen LogP contribution is 2.11. The van der Waals surface area contributed by atoms with Gasteiger partial charge in [0.05, 0.1) is 7.11 Å². The SMILES string of the molecule is COC(=O)CC(=O)/C=C/c1ccc(Br)cc1. The maximum absolute atomic E-state index is 11.3. The highest BCUT2D eigenvalue weighted by atomic mass is 79.9. The molecular formula is C12H11BrO3. The molecule has 0 N–H and O–H groups in total. The van der Waals surface area contributed by atoms with Crippen molar-refractivity contribution in [3.05, 3.63) is 40.4 Å². The van der Waals surface area contributed by atoms with Crippen molar-refractivity contribution in [2.24, 2.45) is 0 Å². The summed E-state index contributed by atoms with van der Waals surface area (Å²) in [6.45, 7) is 0. The number of carbonyl (C=O) groups is 2. The Balaban J connectivity index is 2.56. The molecule has 1 aromatic carbocycles. The number of esters is 1. The van der Waals surface area contributed by atoms with Crippen LogP contribution in [0.25, 0.3) is 6.08 Å². The number of carbonyl (C=O) groups excluding carboxylic acids is 2. The van der Waals surface area contributed by atoms with Crippen LogP contribution in [-0.4, -0.2) is 18.9 Å². The zero-order valence-electron chi connectivity index (χ0n) is 8.77. The van der Waals surface area contributed by atoms with Gasteiger partial charge in [-0.3, -0.25) is 9.59 Å². The number of ether oxygens (including phenoxy) is 1. The summed E-state index contributed by atoms with van der Waals surface area (Å²) in [7, 11) is 1.26. The number of rotatable bonds is 4. The fraction of sp³-hybridized carbons (Fsp3) is 0.167. The molecule has 0 amide bonds. The average Bonchev–Trinajstić information content (AvgIpc) is 2.28. The average molecular weight is 283 g/mol. The highest BCUT2D eigenvalue weighted by Gasteiger charge is 2.05. The highest BCUT2D eigenvalue weighted by molar-refractivity contribution is 9.10. The second kappa shape index (κ2) is 6.23. The van der Waals surface area contributed by atoms with Gasteiger partial charge in [0.25, 0.3) is 0 Å². The van der Waals surface area contributed by atoms with Crippen LogP contribution in [0.2, 0.25) is 0 Å². The second-order valence-electron chi connectivity index (χ2n) is 3.10. The van der Waals surface area contributed by atoms with Crippen LogP contribution in [0.4, 0.5) is 0 Å². The summed E-state index contributed by atoms with van der Waals surface area (Å²) in [5.74, 6) is -0.791. The van der Waals surface area contributed by atoms with E-state index in [1.165, 1.54) is 13.2 Å². The van der Waals surface area contributed by atoms with E-state index < -0.39 is 5.97 Å². The molecular weight excluding hydrogens is 272 g/mol. The van der Waals surface area contributed by atoms with Crippen molar-refractivity contribution >= 4 is 33.8 Å². The van der Waals surface area contributed by atoms with Crippen molar-refractivity contribution in [3.8, 4) is 0 Å². The molecule has 0 fully saturated rings. The Morgan fingerprint density at radius 3 is 2.50 bits per heavy atom. The first-order chi connectivity index (χ1) is 7.61. The van der Waals surface area contributed by atoms with Gasteiger partial charge >= 0.3 is 5.97 Å². The van der Waals surface area contributed by atoms with E-state index in [0.717, 1.165) is 10.0 Å². The van der Waals surface area contributed by atoms with E-state index in [1.807, 2.05) is 24.3 Å². The largest absolute Gasteiger partial charge is 0.469 e. The Hall–Kier alpha value is -1.42. The number of hydrogen-bond acceptors (Lipinski definition) is 3. The minimum Gasteiger partial charge on any atom is -0.469 e. The van der Waals surface area contributed by atoms with Crippen LogP contribution in [-0.2, 0) is 14.3 Å². The summed E-state index contributed by atoms with van der Waals surface area (Å²) in [4.78, 5) is 22.1. The van der Waals surface area contributed by atoms with Crippen LogP contribution in [0.15, 0.2) is 34.8 Å².